The number of benzene rings is 4. The first-order valence-corrected chi connectivity index (χ1v) is 17.4. The zero-order valence-corrected chi connectivity index (χ0v) is 22.6. The highest BCUT2D eigenvalue weighted by atomic mass is 28.4. The highest BCUT2D eigenvalue weighted by Gasteiger charge is 2.42. The maximum atomic E-state index is 7.07. The Morgan fingerprint density at radius 3 is 1.37 bits per heavy atom. The molecular formula is C28H32N2O3Si2. The summed E-state index contributed by atoms with van der Waals surface area (Å²) in [4.78, 5) is 0. The van der Waals surface area contributed by atoms with Crippen LogP contribution in [0.25, 0.3) is 0 Å². The SMILES string of the molecule is C[Si](C)(C)O[Si](C)(c1ccccc1Oc1cccc(N)c1)c1ccccc1Oc1cccc(N)c1. The highest BCUT2D eigenvalue weighted by molar-refractivity contribution is 7.02. The van der Waals surface area contributed by atoms with Crippen LogP contribution in [0.4, 0.5) is 11.4 Å². The van der Waals surface area contributed by atoms with Crippen molar-refractivity contribution in [3.63, 3.8) is 0 Å². The lowest BCUT2D eigenvalue weighted by atomic mass is 10.3. The van der Waals surface area contributed by atoms with Gasteiger partial charge in [-0.2, -0.15) is 0 Å². The normalized spacial score (nSPS) is 11.8. The largest absolute Gasteiger partial charge is 0.457 e. The second-order valence-electron chi connectivity index (χ2n) is 9.59. The van der Waals surface area contributed by atoms with Crippen molar-refractivity contribution in [2.24, 2.45) is 0 Å². The van der Waals surface area contributed by atoms with Crippen LogP contribution >= 0.6 is 0 Å². The minimum Gasteiger partial charge on any atom is -0.457 e. The summed E-state index contributed by atoms with van der Waals surface area (Å²) in [6.07, 6.45) is 0. The van der Waals surface area contributed by atoms with Gasteiger partial charge in [0.1, 0.15) is 23.0 Å². The molecule has 7 heteroatoms. The molecule has 0 aromatic heterocycles. The van der Waals surface area contributed by atoms with Crippen LogP contribution in [0, 0.1) is 0 Å². The number of rotatable bonds is 8. The third-order valence-corrected chi connectivity index (χ3v) is 12.4. The highest BCUT2D eigenvalue weighted by Crippen LogP contribution is 2.29. The summed E-state index contributed by atoms with van der Waals surface area (Å²) in [6.45, 7) is 8.84. The summed E-state index contributed by atoms with van der Waals surface area (Å²) in [5.74, 6) is 2.88. The Morgan fingerprint density at radius 1 is 0.543 bits per heavy atom. The fourth-order valence-corrected chi connectivity index (χ4v) is 12.3. The summed E-state index contributed by atoms with van der Waals surface area (Å²) < 4.78 is 19.8. The van der Waals surface area contributed by atoms with Gasteiger partial charge in [0, 0.05) is 33.9 Å². The first-order valence-electron chi connectivity index (χ1n) is 11.6. The Morgan fingerprint density at radius 2 is 0.971 bits per heavy atom. The minimum absolute atomic E-state index is 0.652. The molecule has 0 bridgehead atoms. The fraction of sp³-hybridized carbons (Fsp3) is 0.143. The summed E-state index contributed by atoms with van der Waals surface area (Å²) in [7, 11) is -4.81. The number of para-hydroxylation sites is 2. The topological polar surface area (TPSA) is 79.7 Å². The third-order valence-electron chi connectivity index (χ3n) is 5.48. The van der Waals surface area contributed by atoms with E-state index in [9.17, 15) is 0 Å². The van der Waals surface area contributed by atoms with Crippen LogP contribution in [0.2, 0.25) is 26.2 Å². The molecular weight excluding hydrogens is 468 g/mol. The molecule has 0 aliphatic heterocycles. The summed E-state index contributed by atoms with van der Waals surface area (Å²) >= 11 is 0. The van der Waals surface area contributed by atoms with Gasteiger partial charge in [0.05, 0.1) is 0 Å². The van der Waals surface area contributed by atoms with Crippen LogP contribution in [-0.4, -0.2) is 16.6 Å². The van der Waals surface area contributed by atoms with E-state index in [2.05, 4.69) is 38.3 Å². The number of nitrogens with two attached hydrogens (primary N) is 2. The van der Waals surface area contributed by atoms with E-state index in [4.69, 9.17) is 25.1 Å². The molecule has 0 aliphatic rings. The Labute approximate surface area is 209 Å². The van der Waals surface area contributed by atoms with Crippen LogP contribution < -0.4 is 31.3 Å². The second-order valence-corrected chi connectivity index (χ2v) is 17.8. The molecule has 0 aliphatic carbocycles. The standard InChI is InChI=1S/C28H32N2O3Si2/c1-34(2,3)33-35(4,27-17-7-5-15-25(27)31-23-13-9-11-21(29)19-23)28-18-8-6-16-26(28)32-24-14-10-12-22(30)20-24/h5-20H,29-30H2,1-4H3. The number of anilines is 2. The molecule has 0 fully saturated rings. The van der Waals surface area contributed by atoms with Gasteiger partial charge in [-0.05, 0) is 62.6 Å². The molecule has 0 saturated carbocycles. The second kappa shape index (κ2) is 9.99. The first kappa shape index (κ1) is 24.6. The number of nitrogen functional groups attached to an aromatic ring is 2. The molecule has 5 nitrogen and oxygen atoms in total. The maximum absolute atomic E-state index is 7.07. The molecule has 0 spiro atoms. The van der Waals surface area contributed by atoms with Crippen molar-refractivity contribution in [1.82, 2.24) is 0 Å². The third kappa shape index (κ3) is 5.94. The van der Waals surface area contributed by atoms with E-state index in [-0.39, 0.29) is 0 Å². The minimum atomic E-state index is -2.81. The van der Waals surface area contributed by atoms with Crippen molar-refractivity contribution in [2.45, 2.75) is 26.2 Å². The maximum Gasteiger partial charge on any atom is 0.249 e. The van der Waals surface area contributed by atoms with E-state index in [0.717, 1.165) is 21.9 Å². The number of hydrogen-bond donors (Lipinski definition) is 2. The number of hydrogen-bond acceptors (Lipinski definition) is 5. The molecule has 0 saturated heterocycles. The first-order chi connectivity index (χ1) is 16.6. The Balaban J connectivity index is 1.84. The van der Waals surface area contributed by atoms with E-state index >= 15 is 0 Å². The van der Waals surface area contributed by atoms with E-state index in [1.54, 1.807) is 0 Å². The van der Waals surface area contributed by atoms with Gasteiger partial charge in [-0.25, -0.2) is 0 Å². The molecule has 0 radical (unpaired) electrons. The lowest BCUT2D eigenvalue weighted by Crippen LogP contribution is -2.62. The average molecular weight is 501 g/mol. The predicted molar refractivity (Wildman–Crippen MR) is 150 cm³/mol. The van der Waals surface area contributed by atoms with Crippen molar-refractivity contribution in [3.05, 3.63) is 97.1 Å². The Hall–Kier alpha value is -3.53. The van der Waals surface area contributed by atoms with Crippen molar-refractivity contribution in [1.29, 1.82) is 0 Å². The van der Waals surface area contributed by atoms with Gasteiger partial charge in [0.2, 0.25) is 8.32 Å². The summed E-state index contributed by atoms with van der Waals surface area (Å²) in [5.41, 5.74) is 13.3. The lowest BCUT2D eigenvalue weighted by molar-refractivity contribution is 0.480. The zero-order valence-electron chi connectivity index (χ0n) is 20.6. The molecule has 0 amide bonds. The lowest BCUT2D eigenvalue weighted by Gasteiger charge is -2.36. The molecule has 4 rings (SSSR count). The summed E-state index contributed by atoms with van der Waals surface area (Å²) in [6, 6.07) is 31.1. The van der Waals surface area contributed by atoms with Gasteiger partial charge >= 0.3 is 0 Å². The van der Waals surface area contributed by atoms with Crippen molar-refractivity contribution >= 4 is 38.4 Å². The predicted octanol–water partition coefficient (Wildman–Crippen LogP) is 5.98. The van der Waals surface area contributed by atoms with E-state index in [1.807, 2.05) is 84.9 Å². The smallest absolute Gasteiger partial charge is 0.249 e. The Bertz CT molecular complexity index is 1230. The van der Waals surface area contributed by atoms with Crippen LogP contribution in [0.15, 0.2) is 97.1 Å². The average Bonchev–Trinajstić information content (AvgIpc) is 2.79. The molecule has 0 atom stereocenters. The van der Waals surface area contributed by atoms with Gasteiger partial charge in [-0.3, -0.25) is 0 Å². The van der Waals surface area contributed by atoms with E-state index in [0.29, 0.717) is 22.9 Å². The molecule has 4 aromatic carbocycles. The van der Waals surface area contributed by atoms with Crippen LogP contribution in [-0.2, 0) is 4.12 Å². The van der Waals surface area contributed by atoms with E-state index in [1.165, 1.54) is 0 Å². The molecule has 35 heavy (non-hydrogen) atoms. The molecule has 0 heterocycles. The van der Waals surface area contributed by atoms with Gasteiger partial charge in [0.25, 0.3) is 0 Å². The van der Waals surface area contributed by atoms with Gasteiger partial charge in [-0.15, -0.1) is 0 Å². The van der Waals surface area contributed by atoms with Gasteiger partial charge in [-0.1, -0.05) is 48.5 Å². The van der Waals surface area contributed by atoms with Gasteiger partial charge < -0.3 is 25.1 Å². The van der Waals surface area contributed by atoms with Crippen molar-refractivity contribution < 1.29 is 13.6 Å². The quantitative estimate of drug-likeness (QED) is 0.230. The van der Waals surface area contributed by atoms with Crippen LogP contribution in [0.5, 0.6) is 23.0 Å². The zero-order chi connectivity index (χ0) is 25.1. The molecule has 0 unspecified atom stereocenters. The number of ether oxygens (including phenoxy) is 2. The molecule has 180 valence electrons. The van der Waals surface area contributed by atoms with Crippen LogP contribution in [0.3, 0.4) is 0 Å². The van der Waals surface area contributed by atoms with E-state index < -0.39 is 16.6 Å². The van der Waals surface area contributed by atoms with Crippen molar-refractivity contribution in [2.75, 3.05) is 11.5 Å². The van der Waals surface area contributed by atoms with Gasteiger partial charge in [0.15, 0.2) is 8.32 Å². The Kier molecular flexibility index (Phi) is 7.02. The van der Waals surface area contributed by atoms with Crippen LogP contribution in [0.1, 0.15) is 0 Å². The molecule has 4 aromatic rings. The fourth-order valence-electron chi connectivity index (χ4n) is 4.18. The van der Waals surface area contributed by atoms with Crippen molar-refractivity contribution in [3.8, 4) is 23.0 Å². The monoisotopic (exact) mass is 500 g/mol. The molecule has 4 N–H and O–H groups in total. The summed E-state index contributed by atoms with van der Waals surface area (Å²) in [5, 5.41) is 2.07.